The van der Waals surface area contributed by atoms with Gasteiger partial charge in [0.1, 0.15) is 0 Å². The molecule has 0 atom stereocenters. The minimum Gasteiger partial charge on any atom is -0.243 e. The van der Waals surface area contributed by atoms with Crippen molar-refractivity contribution in [1.29, 1.82) is 0 Å². The van der Waals surface area contributed by atoms with Gasteiger partial charge in [0.05, 0.1) is 0 Å². The molecule has 4 nitrogen and oxygen atoms in total. The number of aromatic nitrogens is 1. The standard InChI is InChI=1S/C3H2N4S/c4-7-6-3-5-1-2-8-3/h1-2H. The molecule has 0 aliphatic carbocycles. The van der Waals surface area contributed by atoms with Crippen molar-refractivity contribution in [3.63, 3.8) is 0 Å². The van der Waals surface area contributed by atoms with E-state index in [9.17, 15) is 0 Å². The first-order chi connectivity index (χ1) is 3.93. The molecule has 1 heterocycles. The van der Waals surface area contributed by atoms with Gasteiger partial charge in [-0.1, -0.05) is 0 Å². The lowest BCUT2D eigenvalue weighted by Gasteiger charge is -1.68. The average molecular weight is 126 g/mol. The van der Waals surface area contributed by atoms with E-state index in [1.54, 1.807) is 11.6 Å². The van der Waals surface area contributed by atoms with Crippen LogP contribution in [0.1, 0.15) is 0 Å². The Bertz CT molecular complexity index is 197. The Hall–Kier alpha value is -1.06. The molecule has 0 aliphatic heterocycles. The van der Waals surface area contributed by atoms with Crippen molar-refractivity contribution < 1.29 is 0 Å². The fraction of sp³-hybridized carbons (Fsp3) is 0. The van der Waals surface area contributed by atoms with Gasteiger partial charge in [0.15, 0.2) is 5.13 Å². The van der Waals surface area contributed by atoms with Crippen LogP contribution in [-0.4, -0.2) is 4.98 Å². The van der Waals surface area contributed by atoms with E-state index in [1.807, 2.05) is 0 Å². The van der Waals surface area contributed by atoms with Crippen molar-refractivity contribution in [1.82, 2.24) is 4.98 Å². The summed E-state index contributed by atoms with van der Waals surface area (Å²) in [4.78, 5) is 6.26. The van der Waals surface area contributed by atoms with Crippen molar-refractivity contribution in [2.24, 2.45) is 5.11 Å². The van der Waals surface area contributed by atoms with Crippen LogP contribution in [0.5, 0.6) is 0 Å². The second kappa shape index (κ2) is 2.30. The number of azide groups is 1. The summed E-state index contributed by atoms with van der Waals surface area (Å²) in [6.07, 6.45) is 1.59. The van der Waals surface area contributed by atoms with Crippen LogP contribution in [0.25, 0.3) is 10.4 Å². The Labute approximate surface area is 49.4 Å². The molecule has 0 aromatic carbocycles. The maximum atomic E-state index is 7.86. The lowest BCUT2D eigenvalue weighted by molar-refractivity contribution is 1.34. The van der Waals surface area contributed by atoms with Crippen LogP contribution in [-0.2, 0) is 0 Å². The second-order valence-electron chi connectivity index (χ2n) is 1.00. The van der Waals surface area contributed by atoms with Gasteiger partial charge in [0.25, 0.3) is 0 Å². The Morgan fingerprint density at radius 1 is 1.88 bits per heavy atom. The number of hydrogen-bond donors (Lipinski definition) is 0. The summed E-state index contributed by atoms with van der Waals surface area (Å²) in [5.74, 6) is 0. The molecule has 1 aromatic heterocycles. The van der Waals surface area contributed by atoms with Crippen LogP contribution in [0, 0.1) is 0 Å². The Balaban J connectivity index is 2.93. The summed E-state index contributed by atoms with van der Waals surface area (Å²) in [5.41, 5.74) is 7.86. The molecule has 0 saturated carbocycles. The highest BCUT2D eigenvalue weighted by Gasteiger charge is 1.83. The molecule has 0 spiro atoms. The van der Waals surface area contributed by atoms with E-state index in [0.29, 0.717) is 5.13 Å². The SMILES string of the molecule is [N-]=[N+]=Nc1nccs1. The van der Waals surface area contributed by atoms with Crippen molar-refractivity contribution in [3.05, 3.63) is 22.0 Å². The quantitative estimate of drug-likeness (QED) is 0.323. The molecular formula is C3H2N4S. The van der Waals surface area contributed by atoms with Crippen LogP contribution in [0.2, 0.25) is 0 Å². The molecule has 8 heavy (non-hydrogen) atoms. The first-order valence-corrected chi connectivity index (χ1v) is 2.76. The summed E-state index contributed by atoms with van der Waals surface area (Å²) in [6.45, 7) is 0. The van der Waals surface area contributed by atoms with E-state index in [1.165, 1.54) is 11.3 Å². The van der Waals surface area contributed by atoms with Gasteiger partial charge in [-0.05, 0) is 10.6 Å². The molecule has 1 aromatic rings. The molecule has 0 N–H and O–H groups in total. The fourth-order valence-corrected chi connectivity index (χ4v) is 0.752. The van der Waals surface area contributed by atoms with Crippen molar-refractivity contribution in [2.45, 2.75) is 0 Å². The van der Waals surface area contributed by atoms with Crippen LogP contribution < -0.4 is 0 Å². The third-order valence-electron chi connectivity index (χ3n) is 0.550. The highest BCUT2D eigenvalue weighted by molar-refractivity contribution is 7.13. The van der Waals surface area contributed by atoms with E-state index in [0.717, 1.165) is 0 Å². The predicted octanol–water partition coefficient (Wildman–Crippen LogP) is 2.08. The van der Waals surface area contributed by atoms with Crippen molar-refractivity contribution in [3.8, 4) is 0 Å². The van der Waals surface area contributed by atoms with Gasteiger partial charge in [-0.3, -0.25) is 0 Å². The van der Waals surface area contributed by atoms with Gasteiger partial charge in [0.2, 0.25) is 0 Å². The Kier molecular flexibility index (Phi) is 1.46. The highest BCUT2D eigenvalue weighted by Crippen LogP contribution is 2.13. The monoisotopic (exact) mass is 126 g/mol. The van der Waals surface area contributed by atoms with E-state index >= 15 is 0 Å². The van der Waals surface area contributed by atoms with E-state index in [4.69, 9.17) is 5.53 Å². The van der Waals surface area contributed by atoms with Crippen molar-refractivity contribution in [2.75, 3.05) is 0 Å². The highest BCUT2D eigenvalue weighted by atomic mass is 32.1. The molecule has 5 heteroatoms. The predicted molar refractivity (Wildman–Crippen MR) is 30.9 cm³/mol. The van der Waals surface area contributed by atoms with Gasteiger partial charge in [0, 0.05) is 16.5 Å². The van der Waals surface area contributed by atoms with Gasteiger partial charge in [-0.25, -0.2) is 4.98 Å². The Morgan fingerprint density at radius 2 is 2.75 bits per heavy atom. The minimum absolute atomic E-state index is 0.465. The topological polar surface area (TPSA) is 61.7 Å². The van der Waals surface area contributed by atoms with Crippen molar-refractivity contribution >= 4 is 16.5 Å². The average Bonchev–Trinajstić information content (AvgIpc) is 2.19. The molecule has 0 aliphatic rings. The number of thiazole rings is 1. The van der Waals surface area contributed by atoms with Gasteiger partial charge < -0.3 is 0 Å². The van der Waals surface area contributed by atoms with Crippen LogP contribution in [0.15, 0.2) is 16.7 Å². The molecule has 40 valence electrons. The summed E-state index contributed by atoms with van der Waals surface area (Å²) >= 11 is 1.32. The number of rotatable bonds is 1. The zero-order chi connectivity index (χ0) is 5.82. The third-order valence-corrected chi connectivity index (χ3v) is 1.21. The molecule has 0 bridgehead atoms. The summed E-state index contributed by atoms with van der Waals surface area (Å²) < 4.78 is 0. The van der Waals surface area contributed by atoms with E-state index < -0.39 is 0 Å². The first kappa shape index (κ1) is 5.08. The van der Waals surface area contributed by atoms with Gasteiger partial charge in [-0.2, -0.15) is 0 Å². The largest absolute Gasteiger partial charge is 0.243 e. The maximum Gasteiger partial charge on any atom is 0.179 e. The number of hydrogen-bond acceptors (Lipinski definition) is 3. The van der Waals surface area contributed by atoms with Crippen LogP contribution >= 0.6 is 11.3 Å². The maximum absolute atomic E-state index is 7.86. The minimum atomic E-state index is 0.465. The molecule has 0 amide bonds. The van der Waals surface area contributed by atoms with Gasteiger partial charge >= 0.3 is 0 Å². The summed E-state index contributed by atoms with van der Waals surface area (Å²) in [6, 6.07) is 0. The smallest absolute Gasteiger partial charge is 0.179 e. The van der Waals surface area contributed by atoms with Crippen LogP contribution in [0.4, 0.5) is 5.13 Å². The molecular weight excluding hydrogens is 124 g/mol. The van der Waals surface area contributed by atoms with E-state index in [2.05, 4.69) is 15.0 Å². The number of nitrogens with zero attached hydrogens (tertiary/aromatic N) is 4. The molecule has 0 fully saturated rings. The zero-order valence-electron chi connectivity index (χ0n) is 3.85. The fourth-order valence-electron chi connectivity index (χ4n) is 0.304. The zero-order valence-corrected chi connectivity index (χ0v) is 4.67. The van der Waals surface area contributed by atoms with E-state index in [-0.39, 0.29) is 0 Å². The summed E-state index contributed by atoms with van der Waals surface area (Å²) in [7, 11) is 0. The lowest BCUT2D eigenvalue weighted by Crippen LogP contribution is -1.49. The first-order valence-electron chi connectivity index (χ1n) is 1.88. The molecule has 1 rings (SSSR count). The molecule has 0 saturated heterocycles. The van der Waals surface area contributed by atoms with Crippen LogP contribution in [0.3, 0.4) is 0 Å². The molecule has 0 unspecified atom stereocenters. The molecule has 0 radical (unpaired) electrons. The second-order valence-corrected chi connectivity index (χ2v) is 1.88. The third kappa shape index (κ3) is 0.959. The normalized spacial score (nSPS) is 8.00. The summed E-state index contributed by atoms with van der Waals surface area (Å²) in [5, 5.41) is 5.47. The van der Waals surface area contributed by atoms with Gasteiger partial charge in [-0.15, -0.1) is 11.3 Å². The lowest BCUT2D eigenvalue weighted by atomic mass is 11.0. The Morgan fingerprint density at radius 3 is 3.25 bits per heavy atom.